The summed E-state index contributed by atoms with van der Waals surface area (Å²) in [4.78, 5) is 31.1. The van der Waals surface area contributed by atoms with Crippen LogP contribution < -0.4 is 5.32 Å². The monoisotopic (exact) mass is 391 g/mol. The molecule has 0 bridgehead atoms. The summed E-state index contributed by atoms with van der Waals surface area (Å²) >= 11 is 12.0. The minimum Gasteiger partial charge on any atom is -0.337 e. The predicted octanol–water partition coefficient (Wildman–Crippen LogP) is 4.66. The van der Waals surface area contributed by atoms with Crippen molar-refractivity contribution in [2.24, 2.45) is 0 Å². The van der Waals surface area contributed by atoms with Gasteiger partial charge in [-0.15, -0.1) is 0 Å². The minimum atomic E-state index is -0.360. The van der Waals surface area contributed by atoms with Crippen molar-refractivity contribution < 1.29 is 9.59 Å². The van der Waals surface area contributed by atoms with Crippen LogP contribution in [0.5, 0.6) is 0 Å². The molecule has 0 saturated carbocycles. The number of nitrogens with zero attached hydrogens (tertiary/aromatic N) is 2. The van der Waals surface area contributed by atoms with Gasteiger partial charge in [-0.25, -0.2) is 0 Å². The van der Waals surface area contributed by atoms with Crippen LogP contribution in [0.25, 0.3) is 0 Å². The van der Waals surface area contributed by atoms with Gasteiger partial charge in [-0.05, 0) is 43.2 Å². The van der Waals surface area contributed by atoms with E-state index in [4.69, 9.17) is 23.2 Å². The Balaban J connectivity index is 1.75. The Bertz CT molecular complexity index is 818. The van der Waals surface area contributed by atoms with E-state index in [0.29, 0.717) is 21.3 Å². The van der Waals surface area contributed by atoms with E-state index in [1.807, 2.05) is 4.90 Å². The molecule has 1 fully saturated rings. The van der Waals surface area contributed by atoms with Gasteiger partial charge < -0.3 is 10.2 Å². The van der Waals surface area contributed by atoms with Crippen LogP contribution >= 0.6 is 23.2 Å². The number of anilines is 1. The summed E-state index contributed by atoms with van der Waals surface area (Å²) in [5.41, 5.74) is 1.09. The second-order valence-electron chi connectivity index (χ2n) is 6.21. The molecule has 1 aromatic carbocycles. The molecule has 2 aromatic rings. The number of nitrogens with one attached hydrogen (secondary N) is 1. The first-order chi connectivity index (χ1) is 12.5. The number of pyridine rings is 1. The number of benzene rings is 1. The van der Waals surface area contributed by atoms with E-state index in [-0.39, 0.29) is 17.5 Å². The van der Waals surface area contributed by atoms with Crippen LogP contribution in [0.4, 0.5) is 5.69 Å². The summed E-state index contributed by atoms with van der Waals surface area (Å²) in [7, 11) is 0. The number of carbonyl (C=O) groups excluding carboxylic acids is 2. The van der Waals surface area contributed by atoms with E-state index in [0.717, 1.165) is 38.8 Å². The van der Waals surface area contributed by atoms with Gasteiger partial charge in [-0.1, -0.05) is 36.0 Å². The van der Waals surface area contributed by atoms with Crippen molar-refractivity contribution in [3.05, 3.63) is 57.8 Å². The molecule has 136 valence electrons. The lowest BCUT2D eigenvalue weighted by atomic mass is 10.2. The third kappa shape index (κ3) is 4.54. The van der Waals surface area contributed by atoms with Gasteiger partial charge in [0.05, 0.1) is 10.7 Å². The normalized spacial score (nSPS) is 14.6. The van der Waals surface area contributed by atoms with Crippen molar-refractivity contribution in [1.82, 2.24) is 9.88 Å². The number of hydrogen-bond acceptors (Lipinski definition) is 3. The molecule has 26 heavy (non-hydrogen) atoms. The Labute approximate surface area is 162 Å². The van der Waals surface area contributed by atoms with E-state index in [2.05, 4.69) is 10.3 Å². The average molecular weight is 392 g/mol. The number of carbonyl (C=O) groups is 2. The molecule has 7 heteroatoms. The zero-order valence-corrected chi connectivity index (χ0v) is 15.7. The molecule has 0 radical (unpaired) electrons. The fourth-order valence-electron chi connectivity index (χ4n) is 2.91. The maximum atomic E-state index is 12.7. The summed E-state index contributed by atoms with van der Waals surface area (Å²) in [5.74, 6) is -0.493. The summed E-state index contributed by atoms with van der Waals surface area (Å²) in [6.07, 6.45) is 5.76. The van der Waals surface area contributed by atoms with Gasteiger partial charge in [0.2, 0.25) is 0 Å². The Hall–Kier alpha value is -2.11. The second kappa shape index (κ2) is 8.52. The van der Waals surface area contributed by atoms with E-state index >= 15 is 0 Å². The van der Waals surface area contributed by atoms with Gasteiger partial charge in [0.15, 0.2) is 0 Å². The molecule has 1 aliphatic rings. The molecular formula is C19H19Cl2N3O2. The van der Waals surface area contributed by atoms with E-state index in [1.165, 1.54) is 12.3 Å². The zero-order valence-electron chi connectivity index (χ0n) is 14.2. The molecule has 1 N–H and O–H groups in total. The molecule has 0 atom stereocenters. The van der Waals surface area contributed by atoms with Crippen molar-refractivity contribution in [2.45, 2.75) is 25.7 Å². The zero-order chi connectivity index (χ0) is 18.5. The molecule has 0 unspecified atom stereocenters. The molecule has 3 rings (SSSR count). The summed E-state index contributed by atoms with van der Waals surface area (Å²) in [6, 6.07) is 7.92. The Morgan fingerprint density at radius 2 is 1.73 bits per heavy atom. The molecular weight excluding hydrogens is 373 g/mol. The lowest BCUT2D eigenvalue weighted by Crippen LogP contribution is -2.32. The lowest BCUT2D eigenvalue weighted by Gasteiger charge is -2.19. The molecule has 1 saturated heterocycles. The van der Waals surface area contributed by atoms with E-state index < -0.39 is 0 Å². The quantitative estimate of drug-likeness (QED) is 0.827. The highest BCUT2D eigenvalue weighted by Crippen LogP contribution is 2.26. The molecule has 0 spiro atoms. The lowest BCUT2D eigenvalue weighted by molar-refractivity contribution is 0.0755. The van der Waals surface area contributed by atoms with Crippen molar-refractivity contribution >= 4 is 40.7 Å². The van der Waals surface area contributed by atoms with Gasteiger partial charge in [0.1, 0.15) is 5.69 Å². The van der Waals surface area contributed by atoms with Crippen molar-refractivity contribution in [3.63, 3.8) is 0 Å². The fraction of sp³-hybridized carbons (Fsp3) is 0.316. The first kappa shape index (κ1) is 18.7. The van der Waals surface area contributed by atoms with Crippen LogP contribution in [0.15, 0.2) is 36.5 Å². The van der Waals surface area contributed by atoms with Crippen molar-refractivity contribution in [1.29, 1.82) is 0 Å². The van der Waals surface area contributed by atoms with Crippen LogP contribution in [-0.2, 0) is 0 Å². The van der Waals surface area contributed by atoms with Gasteiger partial charge in [-0.3, -0.25) is 14.6 Å². The van der Waals surface area contributed by atoms with E-state index in [1.54, 1.807) is 24.3 Å². The third-order valence-corrected chi connectivity index (χ3v) is 4.86. The first-order valence-corrected chi connectivity index (χ1v) is 9.32. The maximum absolute atomic E-state index is 12.7. The van der Waals surface area contributed by atoms with Crippen LogP contribution in [-0.4, -0.2) is 34.8 Å². The van der Waals surface area contributed by atoms with Crippen LogP contribution in [0.3, 0.4) is 0 Å². The predicted molar refractivity (Wildman–Crippen MR) is 103 cm³/mol. The van der Waals surface area contributed by atoms with Crippen molar-refractivity contribution in [2.75, 3.05) is 18.4 Å². The molecule has 5 nitrogen and oxygen atoms in total. The highest BCUT2D eigenvalue weighted by Gasteiger charge is 2.20. The Kier molecular flexibility index (Phi) is 6.12. The summed E-state index contributed by atoms with van der Waals surface area (Å²) in [6.45, 7) is 1.47. The van der Waals surface area contributed by atoms with E-state index in [9.17, 15) is 9.59 Å². The van der Waals surface area contributed by atoms with Crippen LogP contribution in [0, 0.1) is 0 Å². The smallest absolute Gasteiger partial charge is 0.272 e. The number of rotatable bonds is 3. The topological polar surface area (TPSA) is 62.3 Å². The van der Waals surface area contributed by atoms with Gasteiger partial charge in [0.25, 0.3) is 11.8 Å². The maximum Gasteiger partial charge on any atom is 0.272 e. The SMILES string of the molecule is O=C(Nc1ccc(Cl)cc1Cl)c1ccnc(C(=O)N2CCCCCC2)c1. The standard InChI is InChI=1S/C19H19Cl2N3O2/c20-14-5-6-16(15(21)12-14)23-18(25)13-7-8-22-17(11-13)19(26)24-9-3-1-2-4-10-24/h5-8,11-12H,1-4,9-10H2,(H,23,25). The number of halogens is 2. The number of hydrogen-bond donors (Lipinski definition) is 1. The molecule has 0 aliphatic carbocycles. The Morgan fingerprint density at radius 3 is 2.42 bits per heavy atom. The highest BCUT2D eigenvalue weighted by molar-refractivity contribution is 6.36. The number of likely N-dealkylation sites (tertiary alicyclic amines) is 1. The number of aromatic nitrogens is 1. The second-order valence-corrected chi connectivity index (χ2v) is 7.06. The van der Waals surface area contributed by atoms with Gasteiger partial charge >= 0.3 is 0 Å². The molecule has 2 heterocycles. The van der Waals surface area contributed by atoms with Crippen LogP contribution in [0.2, 0.25) is 10.0 Å². The van der Waals surface area contributed by atoms with Crippen molar-refractivity contribution in [3.8, 4) is 0 Å². The highest BCUT2D eigenvalue weighted by atomic mass is 35.5. The summed E-state index contributed by atoms with van der Waals surface area (Å²) < 4.78 is 0. The first-order valence-electron chi connectivity index (χ1n) is 8.56. The largest absolute Gasteiger partial charge is 0.337 e. The number of amides is 2. The molecule has 1 aliphatic heterocycles. The van der Waals surface area contributed by atoms with Gasteiger partial charge in [0, 0.05) is 29.9 Å². The Morgan fingerprint density at radius 1 is 1.00 bits per heavy atom. The third-order valence-electron chi connectivity index (χ3n) is 4.31. The fourth-order valence-corrected chi connectivity index (χ4v) is 3.37. The summed E-state index contributed by atoms with van der Waals surface area (Å²) in [5, 5.41) is 3.56. The van der Waals surface area contributed by atoms with Gasteiger partial charge in [-0.2, -0.15) is 0 Å². The van der Waals surface area contributed by atoms with Crippen LogP contribution in [0.1, 0.15) is 46.5 Å². The molecule has 2 amide bonds. The average Bonchev–Trinajstić information content (AvgIpc) is 2.93. The minimum absolute atomic E-state index is 0.133. The molecule has 1 aromatic heterocycles.